The third-order valence-electron chi connectivity index (χ3n) is 2.95. The molecule has 0 radical (unpaired) electrons. The maximum absolute atomic E-state index is 11.8. The summed E-state index contributed by atoms with van der Waals surface area (Å²) in [5.41, 5.74) is -0.349. The highest BCUT2D eigenvalue weighted by molar-refractivity contribution is 14.1. The smallest absolute Gasteiger partial charge is 0.302 e. The Morgan fingerprint density at radius 1 is 1.47 bits per heavy atom. The summed E-state index contributed by atoms with van der Waals surface area (Å²) in [5, 5.41) is 0. The Labute approximate surface area is 101 Å². The summed E-state index contributed by atoms with van der Waals surface area (Å²) >= 11 is 1.98. The van der Waals surface area contributed by atoms with Crippen LogP contribution >= 0.6 is 22.6 Å². The normalized spacial score (nSPS) is 16.4. The molecule has 0 spiro atoms. The Morgan fingerprint density at radius 3 is 2.67 bits per heavy atom. The maximum Gasteiger partial charge on any atom is 0.330 e. The molecule has 2 rings (SSSR count). The zero-order valence-electron chi connectivity index (χ0n) is 8.57. The minimum absolute atomic E-state index is 0.148. The Hall–Kier alpha value is -0.590. The molecule has 0 atom stereocenters. The summed E-state index contributed by atoms with van der Waals surface area (Å²) in [6, 6.07) is 0. The minimum Gasteiger partial charge on any atom is -0.302 e. The number of rotatable bonds is 2. The first-order valence-electron chi connectivity index (χ1n) is 5.05. The second-order valence-corrected chi connectivity index (χ2v) is 5.25. The van der Waals surface area contributed by atoms with Gasteiger partial charge in [0.2, 0.25) is 0 Å². The number of halogens is 1. The maximum atomic E-state index is 11.8. The summed E-state index contributed by atoms with van der Waals surface area (Å²) < 4.78 is 3.45. The van der Waals surface area contributed by atoms with E-state index in [0.29, 0.717) is 16.0 Å². The molecular weight excluding hydrogens is 307 g/mol. The largest absolute Gasteiger partial charge is 0.330 e. The fraction of sp³-hybridized carbons (Fsp3) is 0.600. The zero-order chi connectivity index (χ0) is 11.0. The molecular formula is C10H13IN2O2. The van der Waals surface area contributed by atoms with Crippen LogP contribution in [-0.2, 0) is 13.6 Å². The van der Waals surface area contributed by atoms with Gasteiger partial charge >= 0.3 is 5.69 Å². The van der Waals surface area contributed by atoms with Crippen molar-refractivity contribution < 1.29 is 0 Å². The van der Waals surface area contributed by atoms with Crippen LogP contribution < -0.4 is 11.2 Å². The highest BCUT2D eigenvalue weighted by atomic mass is 127. The van der Waals surface area contributed by atoms with Crippen LogP contribution in [0.1, 0.15) is 19.3 Å². The number of hydrogen-bond acceptors (Lipinski definition) is 2. The third-order valence-corrected chi connectivity index (χ3v) is 3.69. The van der Waals surface area contributed by atoms with Crippen molar-refractivity contribution in [1.82, 2.24) is 9.13 Å². The lowest BCUT2D eigenvalue weighted by molar-refractivity contribution is 0.267. The Balaban J connectivity index is 2.43. The van der Waals surface area contributed by atoms with Crippen molar-refractivity contribution in [3.63, 3.8) is 0 Å². The van der Waals surface area contributed by atoms with Gasteiger partial charge in [-0.3, -0.25) is 9.36 Å². The summed E-state index contributed by atoms with van der Waals surface area (Å²) in [5.74, 6) is 0.522. The van der Waals surface area contributed by atoms with Crippen molar-refractivity contribution in [1.29, 1.82) is 0 Å². The lowest BCUT2D eigenvalue weighted by Gasteiger charge is -2.25. The van der Waals surface area contributed by atoms with Gasteiger partial charge in [-0.2, -0.15) is 0 Å². The van der Waals surface area contributed by atoms with E-state index in [1.807, 2.05) is 22.6 Å². The number of aryl methyl sites for hydroxylation is 1. The van der Waals surface area contributed by atoms with Crippen molar-refractivity contribution in [2.45, 2.75) is 25.8 Å². The van der Waals surface area contributed by atoms with Gasteiger partial charge in [0.05, 0.1) is 3.57 Å². The van der Waals surface area contributed by atoms with E-state index < -0.39 is 0 Å². The van der Waals surface area contributed by atoms with E-state index in [4.69, 9.17) is 0 Å². The monoisotopic (exact) mass is 320 g/mol. The van der Waals surface area contributed by atoms with Gasteiger partial charge in [0, 0.05) is 19.8 Å². The highest BCUT2D eigenvalue weighted by Crippen LogP contribution is 2.26. The number of aromatic nitrogens is 2. The molecule has 1 heterocycles. The van der Waals surface area contributed by atoms with Crippen LogP contribution in [0, 0.1) is 9.49 Å². The van der Waals surface area contributed by atoms with Crippen molar-refractivity contribution in [2.75, 3.05) is 0 Å². The van der Waals surface area contributed by atoms with E-state index in [2.05, 4.69) is 0 Å². The molecule has 1 aromatic rings. The fourth-order valence-corrected chi connectivity index (χ4v) is 2.49. The topological polar surface area (TPSA) is 44.0 Å². The second-order valence-electron chi connectivity index (χ2n) is 4.08. The predicted octanol–water partition coefficient (Wildman–Crippen LogP) is 0.952. The van der Waals surface area contributed by atoms with E-state index in [-0.39, 0.29) is 11.2 Å². The van der Waals surface area contributed by atoms with Crippen molar-refractivity contribution in [3.05, 3.63) is 30.6 Å². The molecule has 0 unspecified atom stereocenters. The third kappa shape index (κ3) is 2.02. The van der Waals surface area contributed by atoms with E-state index in [1.54, 1.807) is 13.2 Å². The van der Waals surface area contributed by atoms with E-state index in [0.717, 1.165) is 12.8 Å². The van der Waals surface area contributed by atoms with Crippen LogP contribution in [-0.4, -0.2) is 9.13 Å². The molecule has 0 aromatic carbocycles. The van der Waals surface area contributed by atoms with Crippen molar-refractivity contribution in [2.24, 2.45) is 13.0 Å². The average molecular weight is 320 g/mol. The molecule has 1 fully saturated rings. The van der Waals surface area contributed by atoms with E-state index in [1.165, 1.54) is 15.6 Å². The lowest BCUT2D eigenvalue weighted by Crippen LogP contribution is -2.42. The molecule has 4 nitrogen and oxygen atoms in total. The van der Waals surface area contributed by atoms with Gasteiger partial charge in [0.25, 0.3) is 5.56 Å². The standard InChI is InChI=1S/C10H13IN2O2/c1-12-6-8(11)9(14)13(10(12)15)5-7-3-2-4-7/h6-7H,2-5H2,1H3. The van der Waals surface area contributed by atoms with Gasteiger partial charge in [-0.25, -0.2) is 4.79 Å². The van der Waals surface area contributed by atoms with Crippen LogP contribution in [0.25, 0.3) is 0 Å². The summed E-state index contributed by atoms with van der Waals surface area (Å²) in [6.07, 6.45) is 5.09. The van der Waals surface area contributed by atoms with Gasteiger partial charge in [-0.15, -0.1) is 0 Å². The second kappa shape index (κ2) is 4.11. The van der Waals surface area contributed by atoms with Crippen LogP contribution in [0.4, 0.5) is 0 Å². The van der Waals surface area contributed by atoms with Crippen LogP contribution in [0.2, 0.25) is 0 Å². The SMILES string of the molecule is Cn1cc(I)c(=O)n(CC2CCC2)c1=O. The lowest BCUT2D eigenvalue weighted by atomic mass is 9.85. The predicted molar refractivity (Wildman–Crippen MR) is 66.0 cm³/mol. The van der Waals surface area contributed by atoms with Gasteiger partial charge in [0.15, 0.2) is 0 Å². The van der Waals surface area contributed by atoms with Gasteiger partial charge in [-0.1, -0.05) is 6.42 Å². The van der Waals surface area contributed by atoms with Gasteiger partial charge in [-0.05, 0) is 41.4 Å². The van der Waals surface area contributed by atoms with Crippen LogP contribution in [0.3, 0.4) is 0 Å². The molecule has 0 N–H and O–H groups in total. The molecule has 15 heavy (non-hydrogen) atoms. The molecule has 1 aromatic heterocycles. The van der Waals surface area contributed by atoms with E-state index in [9.17, 15) is 9.59 Å². The number of hydrogen-bond donors (Lipinski definition) is 0. The highest BCUT2D eigenvalue weighted by Gasteiger charge is 2.20. The summed E-state index contributed by atoms with van der Waals surface area (Å²) in [6.45, 7) is 0.586. The molecule has 82 valence electrons. The van der Waals surface area contributed by atoms with Crippen LogP contribution in [0.5, 0.6) is 0 Å². The quantitative estimate of drug-likeness (QED) is 0.762. The molecule has 5 heteroatoms. The molecule has 0 amide bonds. The van der Waals surface area contributed by atoms with Crippen molar-refractivity contribution >= 4 is 22.6 Å². The van der Waals surface area contributed by atoms with E-state index >= 15 is 0 Å². The first kappa shape index (κ1) is 10.9. The number of nitrogens with zero attached hydrogens (tertiary/aromatic N) is 2. The van der Waals surface area contributed by atoms with Crippen molar-refractivity contribution in [3.8, 4) is 0 Å². The summed E-state index contributed by atoms with van der Waals surface area (Å²) in [7, 11) is 1.68. The molecule has 0 bridgehead atoms. The fourth-order valence-electron chi connectivity index (χ4n) is 1.78. The summed E-state index contributed by atoms with van der Waals surface area (Å²) in [4.78, 5) is 23.5. The first-order chi connectivity index (χ1) is 7.09. The molecule has 1 saturated carbocycles. The average Bonchev–Trinajstić information content (AvgIpc) is 2.12. The Kier molecular flexibility index (Phi) is 2.99. The Morgan fingerprint density at radius 2 is 2.13 bits per heavy atom. The van der Waals surface area contributed by atoms with Gasteiger partial charge in [0.1, 0.15) is 0 Å². The molecule has 0 aliphatic heterocycles. The zero-order valence-corrected chi connectivity index (χ0v) is 10.7. The molecule has 1 aliphatic carbocycles. The van der Waals surface area contributed by atoms with Crippen LogP contribution in [0.15, 0.2) is 15.8 Å². The van der Waals surface area contributed by atoms with Gasteiger partial charge < -0.3 is 4.57 Å². The Bertz CT molecular complexity index is 451. The first-order valence-corrected chi connectivity index (χ1v) is 6.13. The minimum atomic E-state index is -0.202. The molecule has 0 saturated heterocycles. The molecule has 1 aliphatic rings.